The van der Waals surface area contributed by atoms with Crippen molar-refractivity contribution in [1.29, 1.82) is 0 Å². The van der Waals surface area contributed by atoms with E-state index in [1.807, 2.05) is 6.92 Å². The van der Waals surface area contributed by atoms with Crippen molar-refractivity contribution >= 4 is 11.6 Å². The number of aryl methyl sites for hydroxylation is 1. The van der Waals surface area contributed by atoms with Crippen molar-refractivity contribution in [2.24, 2.45) is 5.73 Å². The molecule has 4 nitrogen and oxygen atoms in total. The quantitative estimate of drug-likeness (QED) is 0.653. The molecule has 0 radical (unpaired) electrons. The largest absolute Gasteiger partial charge is 0.394 e. The third kappa shape index (κ3) is 1.60. The van der Waals surface area contributed by atoms with E-state index in [1.165, 1.54) is 0 Å². The van der Waals surface area contributed by atoms with Gasteiger partial charge in [0, 0.05) is 11.3 Å². The van der Waals surface area contributed by atoms with Crippen LogP contribution in [0, 0.1) is 0 Å². The minimum atomic E-state index is -0.439. The number of nitrogens with two attached hydrogens (primary N) is 1. The van der Waals surface area contributed by atoms with E-state index in [0.29, 0.717) is 5.15 Å². The lowest BCUT2D eigenvalue weighted by atomic mass is 10.1. The molecule has 0 fully saturated rings. The monoisotopic (exact) mass is 189 g/mol. The number of aliphatic hydroxyl groups is 1. The first kappa shape index (κ1) is 9.51. The Morgan fingerprint density at radius 3 is 2.92 bits per heavy atom. The molecule has 5 heteroatoms. The van der Waals surface area contributed by atoms with Crippen molar-refractivity contribution in [3.8, 4) is 0 Å². The van der Waals surface area contributed by atoms with Gasteiger partial charge >= 0.3 is 0 Å². The average molecular weight is 190 g/mol. The van der Waals surface area contributed by atoms with E-state index in [9.17, 15) is 0 Å². The van der Waals surface area contributed by atoms with E-state index >= 15 is 0 Å². The van der Waals surface area contributed by atoms with Gasteiger partial charge in [0.2, 0.25) is 0 Å². The van der Waals surface area contributed by atoms with Gasteiger partial charge in [0.1, 0.15) is 0 Å². The van der Waals surface area contributed by atoms with E-state index < -0.39 is 6.04 Å². The first-order chi connectivity index (χ1) is 5.70. The Hall–Kier alpha value is -0.580. The molecule has 0 aromatic carbocycles. The second-order valence-electron chi connectivity index (χ2n) is 2.55. The van der Waals surface area contributed by atoms with E-state index in [0.717, 1.165) is 17.7 Å². The van der Waals surface area contributed by atoms with Crippen LogP contribution in [0.4, 0.5) is 0 Å². The molecule has 0 aliphatic rings. The standard InChI is InChI=1S/C7H12ClN3O/c1-2-5-6(4(9)3-12)7(8)11-10-5/h4,12H,2-3,9H2,1H3,(H,10,11). The summed E-state index contributed by atoms with van der Waals surface area (Å²) >= 11 is 5.76. The van der Waals surface area contributed by atoms with Crippen LogP contribution in [0.2, 0.25) is 5.15 Å². The summed E-state index contributed by atoms with van der Waals surface area (Å²) in [6.45, 7) is 1.85. The van der Waals surface area contributed by atoms with E-state index in [4.69, 9.17) is 22.4 Å². The molecule has 1 aromatic rings. The van der Waals surface area contributed by atoms with Gasteiger partial charge in [0.25, 0.3) is 0 Å². The Bertz CT molecular complexity index is 261. The number of H-pyrrole nitrogens is 1. The summed E-state index contributed by atoms with van der Waals surface area (Å²) in [4.78, 5) is 0. The highest BCUT2D eigenvalue weighted by Crippen LogP contribution is 2.22. The number of nitrogens with zero attached hydrogens (tertiary/aromatic N) is 1. The summed E-state index contributed by atoms with van der Waals surface area (Å²) in [5.74, 6) is 0. The fourth-order valence-corrected chi connectivity index (χ4v) is 1.40. The normalized spacial score (nSPS) is 13.3. The molecular weight excluding hydrogens is 178 g/mol. The SMILES string of the molecule is CCc1[nH]nc(Cl)c1C(N)CO. The van der Waals surface area contributed by atoms with Gasteiger partial charge in [-0.2, -0.15) is 5.10 Å². The zero-order valence-electron chi connectivity index (χ0n) is 6.84. The van der Waals surface area contributed by atoms with Crippen LogP contribution in [0.25, 0.3) is 0 Å². The van der Waals surface area contributed by atoms with Crippen molar-refractivity contribution < 1.29 is 5.11 Å². The van der Waals surface area contributed by atoms with Crippen LogP contribution in [0.1, 0.15) is 24.2 Å². The van der Waals surface area contributed by atoms with Gasteiger partial charge in [-0.25, -0.2) is 0 Å². The fourth-order valence-electron chi connectivity index (χ4n) is 1.10. The number of nitrogens with one attached hydrogen (secondary N) is 1. The predicted molar refractivity (Wildman–Crippen MR) is 47.0 cm³/mol. The molecule has 0 amide bonds. The second-order valence-corrected chi connectivity index (χ2v) is 2.91. The summed E-state index contributed by atoms with van der Waals surface area (Å²) in [5, 5.41) is 15.8. The van der Waals surface area contributed by atoms with Gasteiger partial charge < -0.3 is 10.8 Å². The Morgan fingerprint density at radius 2 is 2.42 bits per heavy atom. The van der Waals surface area contributed by atoms with Crippen LogP contribution >= 0.6 is 11.6 Å². The topological polar surface area (TPSA) is 74.9 Å². The molecule has 12 heavy (non-hydrogen) atoms. The van der Waals surface area contributed by atoms with Crippen LogP contribution in [-0.2, 0) is 6.42 Å². The zero-order chi connectivity index (χ0) is 9.14. The summed E-state index contributed by atoms with van der Waals surface area (Å²) in [5.41, 5.74) is 7.24. The van der Waals surface area contributed by atoms with Crippen molar-refractivity contribution in [1.82, 2.24) is 10.2 Å². The zero-order valence-corrected chi connectivity index (χ0v) is 7.60. The third-order valence-corrected chi connectivity index (χ3v) is 2.05. The molecule has 1 aromatic heterocycles. The van der Waals surface area contributed by atoms with Crippen LogP contribution in [0.3, 0.4) is 0 Å². The maximum Gasteiger partial charge on any atom is 0.155 e. The predicted octanol–water partition coefficient (Wildman–Crippen LogP) is 0.618. The van der Waals surface area contributed by atoms with Crippen molar-refractivity contribution in [2.75, 3.05) is 6.61 Å². The highest BCUT2D eigenvalue weighted by Gasteiger charge is 2.16. The molecular formula is C7H12ClN3O. The molecule has 0 aliphatic heterocycles. The maximum atomic E-state index is 8.83. The lowest BCUT2D eigenvalue weighted by molar-refractivity contribution is 0.267. The Kier molecular flexibility index (Phi) is 3.08. The number of aromatic nitrogens is 2. The summed E-state index contributed by atoms with van der Waals surface area (Å²) in [7, 11) is 0. The number of aliphatic hydroxyl groups excluding tert-OH is 1. The van der Waals surface area contributed by atoms with Gasteiger partial charge in [-0.3, -0.25) is 5.10 Å². The summed E-state index contributed by atoms with van der Waals surface area (Å²) < 4.78 is 0. The van der Waals surface area contributed by atoms with Crippen LogP contribution in [0.15, 0.2) is 0 Å². The van der Waals surface area contributed by atoms with Gasteiger partial charge in [0.15, 0.2) is 5.15 Å². The van der Waals surface area contributed by atoms with E-state index in [1.54, 1.807) is 0 Å². The van der Waals surface area contributed by atoms with Crippen LogP contribution in [0.5, 0.6) is 0 Å². The van der Waals surface area contributed by atoms with Crippen LogP contribution in [-0.4, -0.2) is 21.9 Å². The molecule has 1 heterocycles. The molecule has 4 N–H and O–H groups in total. The number of halogens is 1. The number of hydrogen-bond donors (Lipinski definition) is 3. The molecule has 0 saturated heterocycles. The molecule has 68 valence electrons. The Balaban J connectivity index is 3.01. The number of hydrogen-bond acceptors (Lipinski definition) is 3. The molecule has 1 atom stereocenters. The number of aromatic amines is 1. The molecule has 0 bridgehead atoms. The van der Waals surface area contributed by atoms with Gasteiger partial charge in [0.05, 0.1) is 12.6 Å². The average Bonchev–Trinajstić information content (AvgIpc) is 2.45. The molecule has 1 rings (SSSR count). The summed E-state index contributed by atoms with van der Waals surface area (Å²) in [6.07, 6.45) is 0.781. The van der Waals surface area contributed by atoms with Gasteiger partial charge in [-0.15, -0.1) is 0 Å². The van der Waals surface area contributed by atoms with Crippen LogP contribution < -0.4 is 5.73 Å². The Morgan fingerprint density at radius 1 is 1.75 bits per heavy atom. The van der Waals surface area contributed by atoms with Crippen molar-refractivity contribution in [3.63, 3.8) is 0 Å². The lowest BCUT2D eigenvalue weighted by Gasteiger charge is -2.07. The minimum Gasteiger partial charge on any atom is -0.394 e. The van der Waals surface area contributed by atoms with E-state index in [2.05, 4.69) is 10.2 Å². The van der Waals surface area contributed by atoms with Gasteiger partial charge in [-0.05, 0) is 6.42 Å². The number of rotatable bonds is 3. The lowest BCUT2D eigenvalue weighted by Crippen LogP contribution is -2.15. The molecule has 0 aliphatic carbocycles. The van der Waals surface area contributed by atoms with Crippen molar-refractivity contribution in [3.05, 3.63) is 16.4 Å². The smallest absolute Gasteiger partial charge is 0.155 e. The second kappa shape index (κ2) is 3.89. The first-order valence-corrected chi connectivity index (χ1v) is 4.17. The summed E-state index contributed by atoms with van der Waals surface area (Å²) in [6, 6.07) is -0.439. The molecule has 0 spiro atoms. The molecule has 1 unspecified atom stereocenters. The Labute approximate surface area is 75.7 Å². The maximum absolute atomic E-state index is 8.83. The highest BCUT2D eigenvalue weighted by molar-refractivity contribution is 6.30. The molecule has 0 saturated carbocycles. The minimum absolute atomic E-state index is 0.119. The van der Waals surface area contributed by atoms with Crippen molar-refractivity contribution in [2.45, 2.75) is 19.4 Å². The highest BCUT2D eigenvalue weighted by atomic mass is 35.5. The first-order valence-electron chi connectivity index (χ1n) is 3.79. The van der Waals surface area contributed by atoms with Gasteiger partial charge in [-0.1, -0.05) is 18.5 Å². The third-order valence-electron chi connectivity index (χ3n) is 1.76. The van der Waals surface area contributed by atoms with E-state index in [-0.39, 0.29) is 6.61 Å². The fraction of sp³-hybridized carbons (Fsp3) is 0.571.